The van der Waals surface area contributed by atoms with Gasteiger partial charge in [-0.2, -0.15) is 9.29 Å². The number of anilines is 1. The Morgan fingerprint density at radius 3 is 2.00 bits per heavy atom. The van der Waals surface area contributed by atoms with Crippen LogP contribution in [0.2, 0.25) is 0 Å². The van der Waals surface area contributed by atoms with Crippen molar-refractivity contribution in [2.24, 2.45) is 0 Å². The fourth-order valence-electron chi connectivity index (χ4n) is 7.06. The quantitative estimate of drug-likeness (QED) is 0.0117. The second-order valence-electron chi connectivity index (χ2n) is 17.5. The average Bonchev–Trinajstić information content (AvgIpc) is 3.62. The minimum absolute atomic E-state index is 0.0758. The molecular weight excluding hydrogens is 985 g/mol. The molecule has 2 heterocycles. The maximum atomic E-state index is 12.9. The predicted molar refractivity (Wildman–Crippen MR) is 281 cm³/mol. The van der Waals surface area contributed by atoms with Gasteiger partial charge in [-0.25, -0.2) is 13.9 Å². The van der Waals surface area contributed by atoms with Gasteiger partial charge in [0, 0.05) is 19.0 Å². The molecule has 0 spiro atoms. The Labute approximate surface area is 431 Å². The van der Waals surface area contributed by atoms with Crippen molar-refractivity contribution in [2.45, 2.75) is 185 Å². The number of rotatable bonds is 41. The lowest BCUT2D eigenvalue weighted by atomic mass is 10.1. The van der Waals surface area contributed by atoms with Crippen molar-refractivity contribution in [3.05, 3.63) is 108 Å². The van der Waals surface area contributed by atoms with Crippen LogP contribution >= 0.6 is 15.6 Å². The number of carbonyl (C=O) groups is 2. The number of nitrogen functional groups attached to an aromatic ring is 1. The summed E-state index contributed by atoms with van der Waals surface area (Å²) in [5.41, 5.74) is 4.57. The van der Waals surface area contributed by atoms with E-state index in [4.69, 9.17) is 29.0 Å². The van der Waals surface area contributed by atoms with Crippen molar-refractivity contribution < 1.29 is 71.4 Å². The molecular formula is C52H83N3O16P2. The normalized spacial score (nSPS) is 20.1. The van der Waals surface area contributed by atoms with Crippen LogP contribution < -0.4 is 11.4 Å². The molecule has 19 nitrogen and oxygen atoms in total. The first-order valence-corrected chi connectivity index (χ1v) is 28.7. The van der Waals surface area contributed by atoms with E-state index >= 15 is 0 Å². The average molecular weight is 1070 g/mol. The Morgan fingerprint density at radius 1 is 0.740 bits per heavy atom. The smallest absolute Gasteiger partial charge is 0.462 e. The Kier molecular flexibility index (Phi) is 35.0. The van der Waals surface area contributed by atoms with Crippen LogP contribution in [-0.4, -0.2) is 96.9 Å². The molecule has 7 N–H and O–H groups in total. The lowest BCUT2D eigenvalue weighted by molar-refractivity contribution is -0.161. The van der Waals surface area contributed by atoms with E-state index in [0.29, 0.717) is 6.42 Å². The molecule has 0 amide bonds. The van der Waals surface area contributed by atoms with Gasteiger partial charge in [0.05, 0.1) is 19.3 Å². The third kappa shape index (κ3) is 32.1. The van der Waals surface area contributed by atoms with E-state index < -0.39 is 89.8 Å². The highest BCUT2D eigenvalue weighted by Crippen LogP contribution is 2.60. The Morgan fingerprint density at radius 2 is 1.34 bits per heavy atom. The summed E-state index contributed by atoms with van der Waals surface area (Å²) in [6.07, 6.45) is 38.3. The first-order valence-electron chi connectivity index (χ1n) is 25.7. The van der Waals surface area contributed by atoms with Gasteiger partial charge in [0.25, 0.3) is 0 Å². The van der Waals surface area contributed by atoms with Crippen molar-refractivity contribution in [3.8, 4) is 0 Å². The van der Waals surface area contributed by atoms with E-state index in [0.717, 1.165) is 75.0 Å². The molecule has 21 heteroatoms. The highest BCUT2D eigenvalue weighted by Gasteiger charge is 2.46. The molecule has 0 aliphatic carbocycles. The summed E-state index contributed by atoms with van der Waals surface area (Å²) in [4.78, 5) is 61.9. The second kappa shape index (κ2) is 39.3. The fraction of sp³-hybridized carbons (Fsp3) is 0.615. The molecule has 1 saturated heterocycles. The van der Waals surface area contributed by atoms with Gasteiger partial charge in [-0.1, -0.05) is 150 Å². The summed E-state index contributed by atoms with van der Waals surface area (Å²) in [6, 6.07) is 1.24. The number of phosphoric acid groups is 2. The lowest BCUT2D eigenvalue weighted by Crippen LogP contribution is -2.36. The Bertz CT molecular complexity index is 2070. The number of aromatic nitrogens is 2. The van der Waals surface area contributed by atoms with E-state index in [2.05, 4.69) is 71.8 Å². The molecule has 73 heavy (non-hydrogen) atoms. The predicted octanol–water partition coefficient (Wildman–Crippen LogP) is 9.64. The topological polar surface area (TPSA) is 286 Å². The lowest BCUT2D eigenvalue weighted by Gasteiger charge is -2.21. The van der Waals surface area contributed by atoms with Crippen molar-refractivity contribution in [1.29, 1.82) is 0 Å². The number of hydrogen-bond acceptors (Lipinski definition) is 16. The Hall–Kier alpha value is -4.10. The number of aliphatic hydroxyl groups is 3. The number of hydrogen-bond donors (Lipinski definition) is 6. The second-order valence-corrected chi connectivity index (χ2v) is 20.5. The third-order valence-electron chi connectivity index (χ3n) is 11.1. The van der Waals surface area contributed by atoms with Crippen molar-refractivity contribution >= 4 is 33.4 Å². The van der Waals surface area contributed by atoms with Gasteiger partial charge >= 0.3 is 33.3 Å². The van der Waals surface area contributed by atoms with Crippen LogP contribution in [0.5, 0.6) is 0 Å². The summed E-state index contributed by atoms with van der Waals surface area (Å²) in [5, 5.41) is 31.2. The molecule has 2 rings (SSSR count). The molecule has 0 aromatic carbocycles. The number of nitrogens with two attached hydrogens (primary N) is 1. The van der Waals surface area contributed by atoms with Gasteiger partial charge < -0.3 is 45.1 Å². The Balaban J connectivity index is 1.87. The van der Waals surface area contributed by atoms with Crippen LogP contribution in [0.1, 0.15) is 155 Å². The van der Waals surface area contributed by atoms with Crippen LogP contribution in [0.3, 0.4) is 0 Å². The molecule has 1 aliphatic heterocycles. The largest absolute Gasteiger partial charge is 0.481 e. The standard InChI is InChI=1S/C52H83N3O16P2/c1-3-5-7-9-11-13-15-17-18-20-22-24-26-28-32-36-47(57)66-40-44(69-48(58)37-33-29-31-35-43(56)34-30-27-25-23-21-19-16-14-12-10-8-6-4-2)41-67-72(62,63)71-73(64,65)68-42-45-49(59)50(60)51(70-45)55-39-38-46(53)54-52(55)61/h6,8,12,14,17-19,21,25,27,29-31,34,38-39,43-45,49-51,56,59-60H,3-5,7,9-11,13,15-16,20,22-24,26,28,32-33,35-37,40-42H2,1-2H3,(H,62,63)(H,64,65)(H2,53,54,61)/b8-6-,14-12-,18-17-,21-19-,27-25-,31-29-,34-30-/t43?,44-,45-,49-,50-,51-/m1/s1. The van der Waals surface area contributed by atoms with E-state index in [-0.39, 0.29) is 31.5 Å². The van der Waals surface area contributed by atoms with E-state index in [1.165, 1.54) is 44.6 Å². The maximum absolute atomic E-state index is 12.9. The molecule has 1 aromatic rings. The number of ether oxygens (including phenoxy) is 3. The monoisotopic (exact) mass is 1070 g/mol. The number of phosphoric ester groups is 2. The molecule has 0 bridgehead atoms. The summed E-state index contributed by atoms with van der Waals surface area (Å²) >= 11 is 0. The first kappa shape index (κ1) is 65.0. The fourth-order valence-corrected chi connectivity index (χ4v) is 9.17. The van der Waals surface area contributed by atoms with Crippen molar-refractivity contribution in [1.82, 2.24) is 9.55 Å². The number of aliphatic hydroxyl groups excluding tert-OH is 3. The summed E-state index contributed by atoms with van der Waals surface area (Å²) in [6.45, 7) is 1.85. The van der Waals surface area contributed by atoms with E-state index in [9.17, 15) is 48.6 Å². The highest BCUT2D eigenvalue weighted by molar-refractivity contribution is 7.61. The van der Waals surface area contributed by atoms with Crippen LogP contribution in [0.25, 0.3) is 0 Å². The van der Waals surface area contributed by atoms with Crippen LogP contribution in [-0.2, 0) is 46.3 Å². The number of allylic oxidation sites excluding steroid dienone is 12. The van der Waals surface area contributed by atoms with Crippen molar-refractivity contribution in [2.75, 3.05) is 25.6 Å². The maximum Gasteiger partial charge on any atom is 0.481 e. The molecule has 1 aromatic heterocycles. The molecule has 412 valence electrons. The van der Waals surface area contributed by atoms with Crippen LogP contribution in [0.15, 0.2) is 102 Å². The van der Waals surface area contributed by atoms with E-state index in [1.54, 1.807) is 24.3 Å². The first-order chi connectivity index (χ1) is 35.1. The number of nitrogens with zero attached hydrogens (tertiary/aromatic N) is 2. The number of esters is 2. The SMILES string of the molecule is CC/C=C\C/C=C\C/C=C\C/C=C\C=C/C(O)C/C=C\CCC(=O)O[C@H](COC(=O)CCCCCCC/C=C\CCCCCCCC)COP(=O)(O)OP(=O)(O)OC[C@H]1O[C@@H](n2ccc(N)nc2=O)[C@H](O)[C@@H]1O. The van der Waals surface area contributed by atoms with Gasteiger partial charge in [0.15, 0.2) is 12.3 Å². The molecule has 3 unspecified atom stereocenters. The van der Waals surface area contributed by atoms with Gasteiger partial charge in [0.1, 0.15) is 30.7 Å². The van der Waals surface area contributed by atoms with Gasteiger partial charge in [-0.15, -0.1) is 0 Å². The van der Waals surface area contributed by atoms with Crippen molar-refractivity contribution in [3.63, 3.8) is 0 Å². The van der Waals surface area contributed by atoms with Gasteiger partial charge in [0.2, 0.25) is 0 Å². The number of unbranched alkanes of at least 4 members (excludes halogenated alkanes) is 11. The zero-order valence-electron chi connectivity index (χ0n) is 42.8. The minimum atomic E-state index is -5.47. The van der Waals surface area contributed by atoms with Crippen LogP contribution in [0.4, 0.5) is 5.82 Å². The molecule has 0 radical (unpaired) electrons. The zero-order valence-corrected chi connectivity index (χ0v) is 44.6. The van der Waals surface area contributed by atoms with E-state index in [1.807, 2.05) is 12.2 Å². The third-order valence-corrected chi connectivity index (χ3v) is 13.7. The van der Waals surface area contributed by atoms with Gasteiger partial charge in [-0.05, 0) is 76.7 Å². The summed E-state index contributed by atoms with van der Waals surface area (Å²) < 4.78 is 56.6. The minimum Gasteiger partial charge on any atom is -0.462 e. The number of carbonyl (C=O) groups excluding carboxylic acids is 2. The summed E-state index contributed by atoms with van der Waals surface area (Å²) in [7, 11) is -10.9. The molecule has 1 aliphatic rings. The van der Waals surface area contributed by atoms with Crippen LogP contribution in [0, 0.1) is 0 Å². The molecule has 0 saturated carbocycles. The molecule has 1 fully saturated rings. The highest BCUT2D eigenvalue weighted by atomic mass is 31.3. The summed E-state index contributed by atoms with van der Waals surface area (Å²) in [5.74, 6) is -1.50. The zero-order chi connectivity index (χ0) is 53.6. The molecule has 8 atom stereocenters. The van der Waals surface area contributed by atoms with Gasteiger partial charge in [-0.3, -0.25) is 23.2 Å².